The molecule has 5 nitrogen and oxygen atoms in total. The average molecular weight is 343 g/mol. The third-order valence-corrected chi connectivity index (χ3v) is 5.85. The van der Waals surface area contributed by atoms with E-state index in [0.29, 0.717) is 23.1 Å². The lowest BCUT2D eigenvalue weighted by atomic mass is 10.1. The average Bonchev–Trinajstić information content (AvgIpc) is 3.19. The van der Waals surface area contributed by atoms with E-state index in [1.54, 1.807) is 16.7 Å². The fourth-order valence-electron chi connectivity index (χ4n) is 3.21. The minimum Gasteiger partial charge on any atom is -0.354 e. The smallest absolute Gasteiger partial charge is 0.257 e. The number of nitrogens with one attached hydrogen (secondary N) is 1. The Morgan fingerprint density at radius 1 is 1.29 bits per heavy atom. The minimum absolute atomic E-state index is 0.0134. The number of thioether (sulfide) groups is 1. The number of fused-ring (bicyclic) bond motifs is 1. The maximum atomic E-state index is 13.1. The van der Waals surface area contributed by atoms with Crippen LogP contribution in [0, 0.1) is 5.92 Å². The second-order valence-electron chi connectivity index (χ2n) is 6.65. The van der Waals surface area contributed by atoms with Crippen LogP contribution in [0.4, 0.5) is 0 Å². The summed E-state index contributed by atoms with van der Waals surface area (Å²) >= 11 is 1.64. The predicted molar refractivity (Wildman–Crippen MR) is 95.9 cm³/mol. The molecule has 1 saturated heterocycles. The van der Waals surface area contributed by atoms with Crippen LogP contribution in [0.1, 0.15) is 23.2 Å². The van der Waals surface area contributed by atoms with Crippen molar-refractivity contribution in [3.05, 3.63) is 36.0 Å². The summed E-state index contributed by atoms with van der Waals surface area (Å²) in [5, 5.41) is 3.96. The lowest BCUT2D eigenvalue weighted by Crippen LogP contribution is -2.47. The van der Waals surface area contributed by atoms with Gasteiger partial charge in [0.1, 0.15) is 6.04 Å². The highest BCUT2D eigenvalue weighted by Crippen LogP contribution is 2.29. The van der Waals surface area contributed by atoms with Crippen LogP contribution in [0.15, 0.2) is 30.5 Å². The molecule has 126 valence electrons. The molecule has 1 saturated carbocycles. The Kier molecular flexibility index (Phi) is 4.00. The minimum atomic E-state index is -0.361. The number of amides is 2. The van der Waals surface area contributed by atoms with Crippen LogP contribution in [0.25, 0.3) is 10.9 Å². The molecule has 1 aliphatic heterocycles. The largest absolute Gasteiger partial charge is 0.354 e. The maximum absolute atomic E-state index is 13.1. The Labute approximate surface area is 145 Å². The highest BCUT2D eigenvalue weighted by atomic mass is 32.2. The molecule has 1 atom stereocenters. The van der Waals surface area contributed by atoms with Gasteiger partial charge in [0.25, 0.3) is 5.91 Å². The number of hydrogen-bond donors (Lipinski definition) is 1. The summed E-state index contributed by atoms with van der Waals surface area (Å²) in [7, 11) is 1.94. The van der Waals surface area contributed by atoms with Gasteiger partial charge >= 0.3 is 0 Å². The molecule has 24 heavy (non-hydrogen) atoms. The van der Waals surface area contributed by atoms with Gasteiger partial charge < -0.3 is 14.8 Å². The van der Waals surface area contributed by atoms with E-state index in [-0.39, 0.29) is 17.9 Å². The number of rotatable bonds is 4. The first kappa shape index (κ1) is 15.6. The monoisotopic (exact) mass is 343 g/mol. The van der Waals surface area contributed by atoms with Crippen molar-refractivity contribution in [3.63, 3.8) is 0 Å². The number of hydrogen-bond acceptors (Lipinski definition) is 3. The van der Waals surface area contributed by atoms with Crippen molar-refractivity contribution in [3.8, 4) is 0 Å². The third-order valence-electron chi connectivity index (χ3n) is 4.84. The zero-order chi connectivity index (χ0) is 16.7. The number of carbonyl (C=O) groups is 2. The summed E-state index contributed by atoms with van der Waals surface area (Å²) in [4.78, 5) is 27.2. The molecule has 4 rings (SSSR count). The molecule has 1 unspecified atom stereocenters. The number of aromatic nitrogens is 1. The van der Waals surface area contributed by atoms with Crippen molar-refractivity contribution in [1.82, 2.24) is 14.8 Å². The lowest BCUT2D eigenvalue weighted by molar-refractivity contribution is -0.124. The summed E-state index contributed by atoms with van der Waals surface area (Å²) < 4.78 is 1.97. The van der Waals surface area contributed by atoms with Gasteiger partial charge in [-0.25, -0.2) is 0 Å². The van der Waals surface area contributed by atoms with Gasteiger partial charge in [-0.15, -0.1) is 11.8 Å². The van der Waals surface area contributed by atoms with Crippen LogP contribution in [0.5, 0.6) is 0 Å². The third kappa shape index (κ3) is 2.79. The van der Waals surface area contributed by atoms with Gasteiger partial charge in [-0.1, -0.05) is 18.2 Å². The van der Waals surface area contributed by atoms with E-state index in [9.17, 15) is 9.59 Å². The molecule has 1 aliphatic carbocycles. The molecule has 2 amide bonds. The van der Waals surface area contributed by atoms with E-state index >= 15 is 0 Å². The first-order valence-corrected chi connectivity index (χ1v) is 9.51. The summed E-state index contributed by atoms with van der Waals surface area (Å²) in [6, 6.07) is 7.52. The van der Waals surface area contributed by atoms with Crippen LogP contribution < -0.4 is 5.32 Å². The summed E-state index contributed by atoms with van der Waals surface area (Å²) in [6.45, 7) is 0.746. The number of benzene rings is 1. The SMILES string of the molecule is Cn1cc(C(=O)N2CSCC2C(=O)NCC2CC2)c2ccccc21. The van der Waals surface area contributed by atoms with Crippen molar-refractivity contribution in [1.29, 1.82) is 0 Å². The molecule has 2 fully saturated rings. The van der Waals surface area contributed by atoms with E-state index < -0.39 is 0 Å². The zero-order valence-electron chi connectivity index (χ0n) is 13.7. The van der Waals surface area contributed by atoms with Gasteiger partial charge in [-0.2, -0.15) is 0 Å². The Morgan fingerprint density at radius 3 is 2.88 bits per heavy atom. The molecular formula is C18H21N3O2S. The van der Waals surface area contributed by atoms with Gasteiger partial charge in [0, 0.05) is 36.4 Å². The van der Waals surface area contributed by atoms with Gasteiger partial charge in [-0.3, -0.25) is 9.59 Å². The number of aryl methyl sites for hydroxylation is 1. The lowest BCUT2D eigenvalue weighted by Gasteiger charge is -2.23. The van der Waals surface area contributed by atoms with Gasteiger partial charge in [-0.05, 0) is 24.8 Å². The molecule has 2 aromatic rings. The molecule has 1 aromatic carbocycles. The van der Waals surface area contributed by atoms with Crippen LogP contribution >= 0.6 is 11.8 Å². The molecule has 6 heteroatoms. The van der Waals surface area contributed by atoms with Crippen molar-refractivity contribution in [2.24, 2.45) is 13.0 Å². The van der Waals surface area contributed by atoms with Crippen molar-refractivity contribution in [2.75, 3.05) is 18.2 Å². The van der Waals surface area contributed by atoms with Crippen LogP contribution in [0.2, 0.25) is 0 Å². The van der Waals surface area contributed by atoms with Crippen molar-refractivity contribution in [2.45, 2.75) is 18.9 Å². The van der Waals surface area contributed by atoms with E-state index in [1.165, 1.54) is 12.8 Å². The van der Waals surface area contributed by atoms with Crippen molar-refractivity contribution >= 4 is 34.5 Å². The van der Waals surface area contributed by atoms with E-state index in [1.807, 2.05) is 42.1 Å². The van der Waals surface area contributed by atoms with Gasteiger partial charge in [0.15, 0.2) is 0 Å². The Morgan fingerprint density at radius 2 is 2.08 bits per heavy atom. The van der Waals surface area contributed by atoms with E-state index in [2.05, 4.69) is 5.32 Å². The van der Waals surface area contributed by atoms with Gasteiger partial charge in [0.2, 0.25) is 5.91 Å². The van der Waals surface area contributed by atoms with Crippen LogP contribution in [0.3, 0.4) is 0 Å². The van der Waals surface area contributed by atoms with E-state index in [4.69, 9.17) is 0 Å². The highest BCUT2D eigenvalue weighted by molar-refractivity contribution is 7.99. The quantitative estimate of drug-likeness (QED) is 0.926. The Hall–Kier alpha value is -1.95. The predicted octanol–water partition coefficient (Wildman–Crippen LogP) is 2.22. The number of carbonyl (C=O) groups excluding carboxylic acids is 2. The van der Waals surface area contributed by atoms with Crippen LogP contribution in [-0.4, -0.2) is 45.5 Å². The number of nitrogens with zero attached hydrogens (tertiary/aromatic N) is 2. The highest BCUT2D eigenvalue weighted by Gasteiger charge is 2.36. The fraction of sp³-hybridized carbons (Fsp3) is 0.444. The second kappa shape index (κ2) is 6.16. The number of para-hydroxylation sites is 1. The zero-order valence-corrected chi connectivity index (χ0v) is 14.5. The first-order valence-electron chi connectivity index (χ1n) is 8.35. The molecule has 0 bridgehead atoms. The standard InChI is InChI=1S/C18H21N3O2S/c1-20-9-14(13-4-2-3-5-15(13)20)18(23)21-11-24-10-16(21)17(22)19-8-12-6-7-12/h2-5,9,12,16H,6-8,10-11H2,1H3,(H,19,22). The summed E-state index contributed by atoms with van der Waals surface area (Å²) in [5.41, 5.74) is 1.71. The molecular weight excluding hydrogens is 322 g/mol. The van der Waals surface area contributed by atoms with Crippen LogP contribution in [-0.2, 0) is 11.8 Å². The molecule has 1 N–H and O–H groups in total. The van der Waals surface area contributed by atoms with Crippen molar-refractivity contribution < 1.29 is 9.59 Å². The van der Waals surface area contributed by atoms with Gasteiger partial charge in [0.05, 0.1) is 11.4 Å². The molecule has 0 spiro atoms. The topological polar surface area (TPSA) is 54.3 Å². The maximum Gasteiger partial charge on any atom is 0.257 e. The first-order chi connectivity index (χ1) is 11.6. The van der Waals surface area contributed by atoms with E-state index in [0.717, 1.165) is 17.4 Å². The second-order valence-corrected chi connectivity index (χ2v) is 7.65. The molecule has 2 heterocycles. The molecule has 1 aromatic heterocycles. The normalized spacial score (nSPS) is 20.5. The Bertz CT molecular complexity index is 797. The Balaban J connectivity index is 1.56. The fourth-order valence-corrected chi connectivity index (χ4v) is 4.37. The molecule has 0 radical (unpaired) electrons. The summed E-state index contributed by atoms with van der Waals surface area (Å²) in [5.74, 6) is 1.82. The summed E-state index contributed by atoms with van der Waals surface area (Å²) in [6.07, 6.45) is 4.28. The molecule has 2 aliphatic rings.